The Morgan fingerprint density at radius 3 is 2.08 bits per heavy atom. The second-order valence-corrected chi connectivity index (χ2v) is 8.09. The highest BCUT2D eigenvalue weighted by molar-refractivity contribution is 9.09. The fourth-order valence-electron chi connectivity index (χ4n) is 2.33. The Kier molecular flexibility index (Phi) is 10.2. The van der Waals surface area contributed by atoms with E-state index >= 15 is 0 Å². The van der Waals surface area contributed by atoms with Crippen molar-refractivity contribution in [2.75, 3.05) is 18.5 Å². The average Bonchev–Trinajstić information content (AvgIpc) is 2.51. The molecule has 0 fully saturated rings. The molecule has 5 heteroatoms. The largest absolute Gasteiger partial charge is 0.493 e. The number of hydrogen-bond donors (Lipinski definition) is 0. The van der Waals surface area contributed by atoms with Crippen LogP contribution in [0, 0.1) is 0 Å². The van der Waals surface area contributed by atoms with Gasteiger partial charge in [-0.15, -0.1) is 0 Å². The lowest BCUT2D eigenvalue weighted by molar-refractivity contribution is 0.299. The zero-order valence-corrected chi connectivity index (χ0v) is 18.0. The molecule has 1 rings (SSSR count). The monoisotopic (exact) mass is 436 g/mol. The van der Waals surface area contributed by atoms with Gasteiger partial charge < -0.3 is 9.47 Å². The molecule has 0 atom stereocenters. The predicted molar refractivity (Wildman–Crippen MR) is 108 cm³/mol. The maximum absolute atomic E-state index is 6.16. The molecule has 0 heterocycles. The number of rotatable bonds is 10. The van der Waals surface area contributed by atoms with Gasteiger partial charge in [0.25, 0.3) is 0 Å². The zero-order valence-electron chi connectivity index (χ0n) is 14.9. The minimum Gasteiger partial charge on any atom is -0.493 e. The molecule has 0 bridgehead atoms. The van der Waals surface area contributed by atoms with E-state index in [9.17, 15) is 0 Å². The Morgan fingerprint density at radius 2 is 1.62 bits per heavy atom. The molecule has 0 saturated heterocycles. The molecule has 0 aliphatic carbocycles. The van der Waals surface area contributed by atoms with Gasteiger partial charge in [0, 0.05) is 16.5 Å². The van der Waals surface area contributed by atoms with Crippen molar-refractivity contribution in [2.45, 2.75) is 52.4 Å². The minimum absolute atomic E-state index is 0.218. The van der Waals surface area contributed by atoms with Crippen LogP contribution in [0.4, 0.5) is 0 Å². The molecule has 0 aromatic heterocycles. The summed E-state index contributed by atoms with van der Waals surface area (Å²) < 4.78 is 12.2. The van der Waals surface area contributed by atoms with Crippen LogP contribution in [0.5, 0.6) is 11.5 Å². The molecule has 1 aromatic carbocycles. The number of benzene rings is 1. The first-order chi connectivity index (χ1) is 11.4. The van der Waals surface area contributed by atoms with Crippen molar-refractivity contribution in [3.05, 3.63) is 33.8 Å². The number of hydrogen-bond acceptors (Lipinski definition) is 2. The fraction of sp³-hybridized carbons (Fsp3) is 0.579. The first kappa shape index (κ1) is 21.7. The molecule has 0 unspecified atom stereocenters. The molecule has 24 heavy (non-hydrogen) atoms. The van der Waals surface area contributed by atoms with Gasteiger partial charge in [-0.1, -0.05) is 66.8 Å². The lowest BCUT2D eigenvalue weighted by Crippen LogP contribution is -2.07. The lowest BCUT2D eigenvalue weighted by Gasteiger charge is -2.21. The van der Waals surface area contributed by atoms with Gasteiger partial charge >= 0.3 is 0 Å². The van der Waals surface area contributed by atoms with E-state index in [4.69, 9.17) is 32.7 Å². The minimum atomic E-state index is 0.218. The summed E-state index contributed by atoms with van der Waals surface area (Å²) >= 11 is 14.7. The molecule has 0 N–H and O–H groups in total. The van der Waals surface area contributed by atoms with Gasteiger partial charge in [-0.2, -0.15) is 0 Å². The molecular formula is C19H27BrCl2O2. The van der Waals surface area contributed by atoms with Gasteiger partial charge in [-0.25, -0.2) is 0 Å². The van der Waals surface area contributed by atoms with Crippen molar-refractivity contribution in [2.24, 2.45) is 0 Å². The third kappa shape index (κ3) is 7.25. The summed E-state index contributed by atoms with van der Waals surface area (Å²) in [6.07, 6.45) is 3.79. The van der Waals surface area contributed by atoms with Crippen molar-refractivity contribution in [3.8, 4) is 11.5 Å². The molecule has 136 valence electrons. The van der Waals surface area contributed by atoms with Crippen LogP contribution in [0.1, 0.15) is 63.5 Å². The Labute approximate surface area is 164 Å². The first-order valence-electron chi connectivity index (χ1n) is 8.37. The van der Waals surface area contributed by atoms with Crippen LogP contribution >= 0.6 is 39.1 Å². The quantitative estimate of drug-likeness (QED) is 0.285. The topological polar surface area (TPSA) is 18.5 Å². The summed E-state index contributed by atoms with van der Waals surface area (Å²) in [5, 5.41) is 1.01. The summed E-state index contributed by atoms with van der Waals surface area (Å²) in [5.74, 6) is 2.53. The molecule has 0 amide bonds. The number of ether oxygens (including phenoxy) is 2. The summed E-state index contributed by atoms with van der Waals surface area (Å²) in [6, 6.07) is 4.12. The maximum Gasteiger partial charge on any atom is 0.126 e. The van der Waals surface area contributed by atoms with E-state index in [0.717, 1.165) is 36.3 Å². The van der Waals surface area contributed by atoms with Crippen LogP contribution in [-0.4, -0.2) is 18.5 Å². The van der Waals surface area contributed by atoms with Crippen LogP contribution < -0.4 is 9.47 Å². The second kappa shape index (κ2) is 11.3. The van der Waals surface area contributed by atoms with E-state index in [1.54, 1.807) is 6.08 Å². The zero-order chi connectivity index (χ0) is 18.1. The van der Waals surface area contributed by atoms with Crippen LogP contribution in [-0.2, 0) is 0 Å². The molecule has 1 aromatic rings. The molecular weight excluding hydrogens is 411 g/mol. The maximum atomic E-state index is 6.16. The predicted octanol–water partition coefficient (Wildman–Crippen LogP) is 7.19. The highest BCUT2D eigenvalue weighted by atomic mass is 79.9. The third-order valence-corrected chi connectivity index (χ3v) is 4.50. The Hall–Kier alpha value is -0.380. The van der Waals surface area contributed by atoms with Crippen LogP contribution in [0.3, 0.4) is 0 Å². The smallest absolute Gasteiger partial charge is 0.126 e. The molecule has 0 saturated carbocycles. The average molecular weight is 438 g/mol. The second-order valence-electron chi connectivity index (χ2n) is 6.29. The Morgan fingerprint density at radius 1 is 1.04 bits per heavy atom. The lowest BCUT2D eigenvalue weighted by atomic mass is 9.93. The summed E-state index contributed by atoms with van der Waals surface area (Å²) in [5.41, 5.74) is 2.35. The number of unbranched alkanes of at least 4 members (excludes halogenated alkanes) is 1. The van der Waals surface area contributed by atoms with Gasteiger partial charge in [-0.05, 0) is 42.9 Å². The van der Waals surface area contributed by atoms with Gasteiger partial charge in [0.1, 0.15) is 22.6 Å². The molecule has 0 aliphatic heterocycles. The highest BCUT2D eigenvalue weighted by Gasteiger charge is 2.18. The van der Waals surface area contributed by atoms with E-state index in [-0.39, 0.29) is 4.49 Å². The molecule has 0 radical (unpaired) electrons. The van der Waals surface area contributed by atoms with Crippen LogP contribution in [0.15, 0.2) is 22.7 Å². The van der Waals surface area contributed by atoms with Crippen molar-refractivity contribution in [1.82, 2.24) is 0 Å². The van der Waals surface area contributed by atoms with Gasteiger partial charge in [-0.3, -0.25) is 0 Å². The van der Waals surface area contributed by atoms with Crippen molar-refractivity contribution in [3.63, 3.8) is 0 Å². The summed E-state index contributed by atoms with van der Waals surface area (Å²) in [4.78, 5) is 0. The van der Waals surface area contributed by atoms with E-state index in [1.807, 2.05) is 0 Å². The third-order valence-electron chi connectivity index (χ3n) is 3.63. The number of halogens is 3. The van der Waals surface area contributed by atoms with Gasteiger partial charge in [0.05, 0.1) is 6.61 Å². The molecule has 2 nitrogen and oxygen atoms in total. The molecule has 0 aliphatic rings. The highest BCUT2D eigenvalue weighted by Crippen LogP contribution is 2.38. The van der Waals surface area contributed by atoms with E-state index in [2.05, 4.69) is 55.8 Å². The fourth-order valence-corrected chi connectivity index (χ4v) is 2.85. The first-order valence-corrected chi connectivity index (χ1v) is 10.2. The van der Waals surface area contributed by atoms with Crippen LogP contribution in [0.25, 0.3) is 0 Å². The number of alkyl halides is 1. The van der Waals surface area contributed by atoms with E-state index in [0.29, 0.717) is 18.4 Å². The van der Waals surface area contributed by atoms with Crippen LogP contribution in [0.2, 0.25) is 0 Å². The summed E-state index contributed by atoms with van der Waals surface area (Å²) in [6.45, 7) is 9.76. The van der Waals surface area contributed by atoms with Crippen molar-refractivity contribution in [1.29, 1.82) is 0 Å². The summed E-state index contributed by atoms with van der Waals surface area (Å²) in [7, 11) is 0. The van der Waals surface area contributed by atoms with Crippen molar-refractivity contribution >= 4 is 39.1 Å². The Bertz CT molecular complexity index is 509. The SMILES string of the molecule is CC(C)c1cc(OCC=C(Cl)Cl)cc(C(C)C)c1OCCCCBr. The van der Waals surface area contributed by atoms with Crippen molar-refractivity contribution < 1.29 is 9.47 Å². The van der Waals surface area contributed by atoms with E-state index in [1.165, 1.54) is 11.1 Å². The normalized spacial score (nSPS) is 11.0. The van der Waals surface area contributed by atoms with E-state index < -0.39 is 0 Å². The van der Waals surface area contributed by atoms with Gasteiger partial charge in [0.15, 0.2) is 0 Å². The molecule has 0 spiro atoms. The Balaban J connectivity index is 3.08. The van der Waals surface area contributed by atoms with Gasteiger partial charge in [0.2, 0.25) is 0 Å². The standard InChI is InChI=1S/C19H27BrCl2O2/c1-13(2)16-11-15(23-10-7-18(21)22)12-17(14(3)4)19(16)24-9-6-5-8-20/h7,11-14H,5-6,8-10H2,1-4H3.